The minimum Gasteiger partial charge on any atom is -0.493 e. The van der Waals surface area contributed by atoms with Gasteiger partial charge in [-0.1, -0.05) is 12.1 Å². The molecule has 1 aliphatic carbocycles. The quantitative estimate of drug-likeness (QED) is 0.649. The van der Waals surface area contributed by atoms with Crippen molar-refractivity contribution in [3.63, 3.8) is 0 Å². The first-order chi connectivity index (χ1) is 14.7. The van der Waals surface area contributed by atoms with Crippen molar-refractivity contribution in [3.05, 3.63) is 48.3 Å². The van der Waals surface area contributed by atoms with Crippen LogP contribution < -0.4 is 9.47 Å². The molecule has 8 heteroatoms. The molecule has 2 aromatic carbocycles. The Labute approximate surface area is 174 Å². The maximum Gasteiger partial charge on any atom is 0.254 e. The number of tetrazole rings is 1. The van der Waals surface area contributed by atoms with Gasteiger partial charge in [-0.25, -0.2) is 4.68 Å². The van der Waals surface area contributed by atoms with Crippen LogP contribution in [0.3, 0.4) is 0 Å². The summed E-state index contributed by atoms with van der Waals surface area (Å²) in [5.74, 6) is 1.94. The van der Waals surface area contributed by atoms with E-state index in [0.29, 0.717) is 29.0 Å². The third kappa shape index (κ3) is 3.08. The van der Waals surface area contributed by atoms with Crippen molar-refractivity contribution in [1.82, 2.24) is 25.1 Å². The molecule has 2 heterocycles. The number of likely N-dealkylation sites (tertiary alicyclic amines) is 1. The molecule has 1 saturated carbocycles. The molecule has 1 aromatic heterocycles. The van der Waals surface area contributed by atoms with E-state index < -0.39 is 0 Å². The number of methoxy groups -OCH3 is 2. The molecule has 5 rings (SSSR count). The molecule has 1 saturated heterocycles. The van der Waals surface area contributed by atoms with Gasteiger partial charge in [-0.05, 0) is 65.4 Å². The summed E-state index contributed by atoms with van der Waals surface area (Å²) < 4.78 is 12.6. The Morgan fingerprint density at radius 2 is 2.03 bits per heavy atom. The van der Waals surface area contributed by atoms with Crippen LogP contribution in [0, 0.1) is 5.92 Å². The number of hydrogen-bond acceptors (Lipinski definition) is 6. The number of hydrogen-bond donors (Lipinski definition) is 0. The number of fused-ring (bicyclic) bond motifs is 2. The number of ether oxygens (including phenoxy) is 2. The lowest BCUT2D eigenvalue weighted by molar-refractivity contribution is 0.0703. The summed E-state index contributed by atoms with van der Waals surface area (Å²) in [4.78, 5) is 15.5. The molecule has 3 aromatic rings. The second-order valence-corrected chi connectivity index (χ2v) is 7.85. The normalized spacial score (nSPS) is 19.9. The minimum atomic E-state index is 0.0558. The SMILES string of the molecule is COc1cccc(-c2cc(C(=O)N3C[C@@H]4CC[C@@H]3C4)cc(-n3cnnn3)c2)c1OC. The molecule has 2 bridgehead atoms. The van der Waals surface area contributed by atoms with Crippen LogP contribution in [0.25, 0.3) is 16.8 Å². The van der Waals surface area contributed by atoms with Gasteiger partial charge in [0.25, 0.3) is 5.91 Å². The molecule has 154 valence electrons. The van der Waals surface area contributed by atoms with Crippen molar-refractivity contribution in [1.29, 1.82) is 0 Å². The van der Waals surface area contributed by atoms with Crippen LogP contribution in [0.2, 0.25) is 0 Å². The Balaban J connectivity index is 1.62. The lowest BCUT2D eigenvalue weighted by Gasteiger charge is -2.27. The van der Waals surface area contributed by atoms with Gasteiger partial charge in [0.15, 0.2) is 11.5 Å². The molecule has 0 radical (unpaired) electrons. The summed E-state index contributed by atoms with van der Waals surface area (Å²) in [5.41, 5.74) is 3.01. The van der Waals surface area contributed by atoms with Crippen molar-refractivity contribution >= 4 is 5.91 Å². The Bertz CT molecular complexity index is 1080. The number of aromatic nitrogens is 4. The monoisotopic (exact) mass is 405 g/mol. The molecule has 0 spiro atoms. The van der Waals surface area contributed by atoms with Crippen LogP contribution in [0.4, 0.5) is 0 Å². The second-order valence-electron chi connectivity index (χ2n) is 7.85. The van der Waals surface area contributed by atoms with Crippen LogP contribution in [0.5, 0.6) is 11.5 Å². The summed E-state index contributed by atoms with van der Waals surface area (Å²) in [6.45, 7) is 0.844. The van der Waals surface area contributed by atoms with Gasteiger partial charge in [-0.3, -0.25) is 4.79 Å². The van der Waals surface area contributed by atoms with E-state index in [1.807, 2.05) is 41.3 Å². The number of rotatable bonds is 5. The number of carbonyl (C=O) groups is 1. The van der Waals surface area contributed by atoms with E-state index in [1.165, 1.54) is 12.7 Å². The maximum absolute atomic E-state index is 13.4. The number of amides is 1. The topological polar surface area (TPSA) is 82.4 Å². The summed E-state index contributed by atoms with van der Waals surface area (Å²) in [6, 6.07) is 11.8. The van der Waals surface area contributed by atoms with Crippen LogP contribution in [0.1, 0.15) is 29.6 Å². The zero-order chi connectivity index (χ0) is 20.7. The van der Waals surface area contributed by atoms with E-state index >= 15 is 0 Å². The zero-order valence-corrected chi connectivity index (χ0v) is 17.0. The highest BCUT2D eigenvalue weighted by Gasteiger charge is 2.40. The molecule has 2 aliphatic rings. The highest BCUT2D eigenvalue weighted by Crippen LogP contribution is 2.40. The highest BCUT2D eigenvalue weighted by atomic mass is 16.5. The molecule has 30 heavy (non-hydrogen) atoms. The summed E-state index contributed by atoms with van der Waals surface area (Å²) in [5, 5.41) is 11.5. The Morgan fingerprint density at radius 3 is 2.70 bits per heavy atom. The van der Waals surface area contributed by atoms with Gasteiger partial charge in [0.2, 0.25) is 0 Å². The van der Waals surface area contributed by atoms with Gasteiger partial charge >= 0.3 is 0 Å². The summed E-state index contributed by atoms with van der Waals surface area (Å²) >= 11 is 0. The Morgan fingerprint density at radius 1 is 1.13 bits per heavy atom. The average Bonchev–Trinajstić information content (AvgIpc) is 3.56. The van der Waals surface area contributed by atoms with Crippen LogP contribution in [-0.2, 0) is 0 Å². The van der Waals surface area contributed by atoms with E-state index in [2.05, 4.69) is 15.5 Å². The standard InChI is InChI=1S/C22H23N5O3/c1-29-20-5-3-4-19(21(20)30-2)15-9-16(11-18(10-15)27-13-23-24-25-27)22(28)26-12-14-6-7-17(26)8-14/h3-5,9-11,13-14,17H,6-8,12H2,1-2H3/t14-,17-/m1/s1. The molecule has 8 nitrogen and oxygen atoms in total. The fraction of sp³-hybridized carbons (Fsp3) is 0.364. The van der Waals surface area contributed by atoms with Gasteiger partial charge in [0.05, 0.1) is 19.9 Å². The highest BCUT2D eigenvalue weighted by molar-refractivity contribution is 5.97. The first kappa shape index (κ1) is 18.6. The van der Waals surface area contributed by atoms with Crippen molar-refractivity contribution in [2.75, 3.05) is 20.8 Å². The third-order valence-electron chi connectivity index (χ3n) is 6.16. The van der Waals surface area contributed by atoms with E-state index in [1.54, 1.807) is 18.9 Å². The lowest BCUT2D eigenvalue weighted by Crippen LogP contribution is -2.37. The molecule has 0 unspecified atom stereocenters. The Hall–Kier alpha value is -3.42. The van der Waals surface area contributed by atoms with Crippen molar-refractivity contribution in [3.8, 4) is 28.3 Å². The number of carbonyl (C=O) groups excluding carboxylic acids is 1. The minimum absolute atomic E-state index is 0.0558. The molecule has 1 amide bonds. The van der Waals surface area contributed by atoms with E-state index in [9.17, 15) is 4.79 Å². The third-order valence-corrected chi connectivity index (χ3v) is 6.16. The summed E-state index contributed by atoms with van der Waals surface area (Å²) in [7, 11) is 3.22. The van der Waals surface area contributed by atoms with Crippen LogP contribution in [-0.4, -0.2) is 57.8 Å². The molecule has 2 fully saturated rings. The molecule has 0 N–H and O–H groups in total. The maximum atomic E-state index is 13.4. The second kappa shape index (κ2) is 7.44. The first-order valence-corrected chi connectivity index (χ1v) is 10.1. The Kier molecular flexibility index (Phi) is 4.61. The fourth-order valence-electron chi connectivity index (χ4n) is 4.76. The van der Waals surface area contributed by atoms with Crippen LogP contribution in [0.15, 0.2) is 42.7 Å². The predicted molar refractivity (Wildman–Crippen MR) is 110 cm³/mol. The van der Waals surface area contributed by atoms with Crippen molar-refractivity contribution in [2.45, 2.75) is 25.3 Å². The predicted octanol–water partition coefficient (Wildman–Crippen LogP) is 2.97. The summed E-state index contributed by atoms with van der Waals surface area (Å²) in [6.07, 6.45) is 4.97. The number of nitrogens with zero attached hydrogens (tertiary/aromatic N) is 5. The lowest BCUT2D eigenvalue weighted by atomic mass is 9.99. The molecule has 2 atom stereocenters. The van der Waals surface area contributed by atoms with Gasteiger partial charge < -0.3 is 14.4 Å². The van der Waals surface area contributed by atoms with Crippen LogP contribution >= 0.6 is 0 Å². The van der Waals surface area contributed by atoms with E-state index in [4.69, 9.17) is 9.47 Å². The molecular weight excluding hydrogens is 382 g/mol. The molecule has 1 aliphatic heterocycles. The average molecular weight is 405 g/mol. The number of para-hydroxylation sites is 1. The fourth-order valence-corrected chi connectivity index (χ4v) is 4.76. The number of piperidine rings is 1. The van der Waals surface area contributed by atoms with E-state index in [-0.39, 0.29) is 5.91 Å². The van der Waals surface area contributed by atoms with Gasteiger partial charge in [-0.15, -0.1) is 5.10 Å². The zero-order valence-electron chi connectivity index (χ0n) is 17.0. The smallest absolute Gasteiger partial charge is 0.254 e. The van der Waals surface area contributed by atoms with E-state index in [0.717, 1.165) is 36.2 Å². The van der Waals surface area contributed by atoms with Gasteiger partial charge in [0, 0.05) is 23.7 Å². The van der Waals surface area contributed by atoms with Crippen molar-refractivity contribution in [2.24, 2.45) is 5.92 Å². The van der Waals surface area contributed by atoms with Gasteiger partial charge in [-0.2, -0.15) is 0 Å². The van der Waals surface area contributed by atoms with Gasteiger partial charge in [0.1, 0.15) is 6.33 Å². The number of benzene rings is 2. The largest absolute Gasteiger partial charge is 0.493 e. The van der Waals surface area contributed by atoms with Crippen molar-refractivity contribution < 1.29 is 14.3 Å². The molecular formula is C22H23N5O3. The first-order valence-electron chi connectivity index (χ1n) is 10.1.